The van der Waals surface area contributed by atoms with E-state index in [0.717, 1.165) is 17.8 Å². The van der Waals surface area contributed by atoms with Gasteiger partial charge in [0, 0.05) is 12.6 Å². The van der Waals surface area contributed by atoms with Crippen LogP contribution in [0.3, 0.4) is 0 Å². The van der Waals surface area contributed by atoms with E-state index in [0.29, 0.717) is 28.3 Å². The number of aliphatic carboxylic acids is 1. The average molecular weight is 448 g/mol. The molecule has 0 aliphatic rings. The first-order valence-corrected chi connectivity index (χ1v) is 9.73. The van der Waals surface area contributed by atoms with Gasteiger partial charge in [-0.25, -0.2) is 4.79 Å². The normalized spacial score (nSPS) is 12.0. The molecule has 0 saturated carbocycles. The van der Waals surface area contributed by atoms with Crippen LogP contribution >= 0.6 is 0 Å². The highest BCUT2D eigenvalue weighted by Gasteiger charge is 2.30. The summed E-state index contributed by atoms with van der Waals surface area (Å²) in [6.45, 7) is 4.91. The summed E-state index contributed by atoms with van der Waals surface area (Å²) in [7, 11) is 1.72. The Hall–Kier alpha value is -3.49. The van der Waals surface area contributed by atoms with Gasteiger partial charge < -0.3 is 14.6 Å². The number of alkyl halides is 3. The van der Waals surface area contributed by atoms with Gasteiger partial charge in [-0.2, -0.15) is 18.3 Å². The second-order valence-electron chi connectivity index (χ2n) is 7.85. The third-order valence-corrected chi connectivity index (χ3v) is 4.90. The molecule has 32 heavy (non-hydrogen) atoms. The van der Waals surface area contributed by atoms with Crippen LogP contribution in [0.5, 0.6) is 11.5 Å². The van der Waals surface area contributed by atoms with E-state index in [2.05, 4.69) is 5.10 Å². The molecule has 2 aromatic carbocycles. The fourth-order valence-corrected chi connectivity index (χ4v) is 2.91. The molecule has 0 bridgehead atoms. The van der Waals surface area contributed by atoms with E-state index in [9.17, 15) is 23.1 Å². The molecule has 1 N–H and O–H groups in total. The molecule has 0 unspecified atom stereocenters. The first-order valence-electron chi connectivity index (χ1n) is 9.73. The summed E-state index contributed by atoms with van der Waals surface area (Å²) in [6.07, 6.45) is -4.39. The highest BCUT2D eigenvalue weighted by molar-refractivity contribution is 5.76. The standard InChI is InChI=1S/C23H23F3N2O4/c1-14-11-18(9-10-20(14)32-22(2,3)21(29)30)31-13-17-12-19(27-28(17)4)15-5-7-16(8-6-15)23(24,25)26/h5-12H,13H2,1-4H3,(H,29,30). The molecular weight excluding hydrogens is 425 g/mol. The Kier molecular flexibility index (Phi) is 6.20. The predicted octanol–water partition coefficient (Wildman–Crippen LogP) is 5.24. The van der Waals surface area contributed by atoms with E-state index in [-0.39, 0.29) is 6.61 Å². The zero-order valence-electron chi connectivity index (χ0n) is 18.0. The topological polar surface area (TPSA) is 73.6 Å². The molecule has 0 aliphatic heterocycles. The quantitative estimate of drug-likeness (QED) is 0.536. The van der Waals surface area contributed by atoms with Crippen molar-refractivity contribution in [3.8, 4) is 22.8 Å². The van der Waals surface area contributed by atoms with Gasteiger partial charge in [-0.3, -0.25) is 4.68 Å². The van der Waals surface area contributed by atoms with E-state index in [4.69, 9.17) is 9.47 Å². The van der Waals surface area contributed by atoms with Gasteiger partial charge in [0.25, 0.3) is 0 Å². The van der Waals surface area contributed by atoms with E-state index in [1.807, 2.05) is 0 Å². The lowest BCUT2D eigenvalue weighted by Crippen LogP contribution is -2.38. The van der Waals surface area contributed by atoms with Gasteiger partial charge in [-0.15, -0.1) is 0 Å². The smallest absolute Gasteiger partial charge is 0.416 e. The van der Waals surface area contributed by atoms with E-state index in [1.165, 1.54) is 26.0 Å². The van der Waals surface area contributed by atoms with Gasteiger partial charge in [0.15, 0.2) is 5.60 Å². The number of nitrogens with zero attached hydrogens (tertiary/aromatic N) is 2. The maximum Gasteiger partial charge on any atom is 0.416 e. The average Bonchev–Trinajstić information content (AvgIpc) is 3.08. The second kappa shape index (κ2) is 8.57. The summed E-state index contributed by atoms with van der Waals surface area (Å²) in [5.74, 6) is -0.0765. The van der Waals surface area contributed by atoms with Crippen LogP contribution in [0, 0.1) is 6.92 Å². The van der Waals surface area contributed by atoms with Crippen LogP contribution in [-0.2, 0) is 24.6 Å². The molecule has 0 radical (unpaired) electrons. The second-order valence-corrected chi connectivity index (χ2v) is 7.85. The van der Waals surface area contributed by atoms with Gasteiger partial charge in [0.05, 0.1) is 17.0 Å². The summed E-state index contributed by atoms with van der Waals surface area (Å²) >= 11 is 0. The van der Waals surface area contributed by atoms with Crippen molar-refractivity contribution < 1.29 is 32.5 Å². The van der Waals surface area contributed by atoms with Crippen molar-refractivity contribution in [2.24, 2.45) is 7.05 Å². The third-order valence-electron chi connectivity index (χ3n) is 4.90. The van der Waals surface area contributed by atoms with Crippen molar-refractivity contribution >= 4 is 5.97 Å². The number of carboxylic acids is 1. The van der Waals surface area contributed by atoms with Crippen LogP contribution in [0.1, 0.15) is 30.7 Å². The number of carbonyl (C=O) groups is 1. The van der Waals surface area contributed by atoms with Gasteiger partial charge >= 0.3 is 12.1 Å². The van der Waals surface area contributed by atoms with E-state index >= 15 is 0 Å². The lowest BCUT2D eigenvalue weighted by Gasteiger charge is -2.23. The van der Waals surface area contributed by atoms with Crippen LogP contribution < -0.4 is 9.47 Å². The zero-order valence-corrected chi connectivity index (χ0v) is 18.0. The zero-order chi connectivity index (χ0) is 23.7. The molecule has 1 heterocycles. The van der Waals surface area contributed by atoms with Gasteiger partial charge in [0.1, 0.15) is 18.1 Å². The molecule has 0 spiro atoms. The monoisotopic (exact) mass is 448 g/mol. The van der Waals surface area contributed by atoms with Crippen molar-refractivity contribution in [1.82, 2.24) is 9.78 Å². The highest BCUT2D eigenvalue weighted by Crippen LogP contribution is 2.31. The first kappa shape index (κ1) is 23.2. The molecule has 0 fully saturated rings. The highest BCUT2D eigenvalue weighted by atomic mass is 19.4. The minimum Gasteiger partial charge on any atom is -0.487 e. The number of aryl methyl sites for hydroxylation is 2. The maximum absolute atomic E-state index is 12.8. The lowest BCUT2D eigenvalue weighted by atomic mass is 10.1. The minimum atomic E-state index is -4.39. The fourth-order valence-electron chi connectivity index (χ4n) is 2.91. The summed E-state index contributed by atoms with van der Waals surface area (Å²) < 4.78 is 51.2. The molecule has 0 amide bonds. The number of carboxylic acid groups (broad SMARTS) is 1. The molecule has 3 rings (SSSR count). The van der Waals surface area contributed by atoms with E-state index < -0.39 is 23.3 Å². The van der Waals surface area contributed by atoms with Crippen LogP contribution in [-0.4, -0.2) is 26.5 Å². The Morgan fingerprint density at radius 1 is 1.09 bits per heavy atom. The molecular formula is C23H23F3N2O4. The number of rotatable bonds is 7. The molecule has 0 aliphatic carbocycles. The largest absolute Gasteiger partial charge is 0.487 e. The van der Waals surface area contributed by atoms with Crippen molar-refractivity contribution in [1.29, 1.82) is 0 Å². The summed E-state index contributed by atoms with van der Waals surface area (Å²) in [5, 5.41) is 13.6. The van der Waals surface area contributed by atoms with Crippen LogP contribution in [0.25, 0.3) is 11.3 Å². The van der Waals surface area contributed by atoms with Crippen molar-refractivity contribution in [3.63, 3.8) is 0 Å². The van der Waals surface area contributed by atoms with Crippen LogP contribution in [0.15, 0.2) is 48.5 Å². The van der Waals surface area contributed by atoms with Gasteiger partial charge in [-0.1, -0.05) is 12.1 Å². The first-order chi connectivity index (χ1) is 14.9. The molecule has 0 atom stereocenters. The predicted molar refractivity (Wildman–Crippen MR) is 111 cm³/mol. The Morgan fingerprint density at radius 3 is 2.31 bits per heavy atom. The molecule has 6 nitrogen and oxygen atoms in total. The summed E-state index contributed by atoms with van der Waals surface area (Å²) in [4.78, 5) is 11.3. The minimum absolute atomic E-state index is 0.185. The summed E-state index contributed by atoms with van der Waals surface area (Å²) in [6, 6.07) is 11.6. The van der Waals surface area contributed by atoms with E-state index in [1.54, 1.807) is 42.9 Å². The number of hydrogen-bond donors (Lipinski definition) is 1. The summed E-state index contributed by atoms with van der Waals surface area (Å²) in [5.41, 5.74) is 0.470. The van der Waals surface area contributed by atoms with Crippen LogP contribution in [0.2, 0.25) is 0 Å². The molecule has 3 aromatic rings. The number of halogens is 3. The Balaban J connectivity index is 1.70. The van der Waals surface area contributed by atoms with Crippen molar-refractivity contribution in [2.75, 3.05) is 0 Å². The number of ether oxygens (including phenoxy) is 2. The third kappa shape index (κ3) is 5.22. The Labute approximate surface area is 183 Å². The Bertz CT molecular complexity index is 1120. The number of hydrogen-bond acceptors (Lipinski definition) is 4. The number of benzene rings is 2. The molecule has 0 saturated heterocycles. The maximum atomic E-state index is 12.8. The molecule has 9 heteroatoms. The SMILES string of the molecule is Cc1cc(OCc2cc(-c3ccc(C(F)(F)F)cc3)nn2C)ccc1OC(C)(C)C(=O)O. The van der Waals surface area contributed by atoms with Crippen molar-refractivity contribution in [2.45, 2.75) is 39.2 Å². The van der Waals surface area contributed by atoms with Crippen molar-refractivity contribution in [3.05, 3.63) is 65.4 Å². The Morgan fingerprint density at radius 2 is 1.75 bits per heavy atom. The van der Waals surface area contributed by atoms with Gasteiger partial charge in [0.2, 0.25) is 0 Å². The lowest BCUT2D eigenvalue weighted by molar-refractivity contribution is -0.152. The van der Waals surface area contributed by atoms with Gasteiger partial charge in [-0.05, 0) is 62.7 Å². The molecule has 170 valence electrons. The number of aromatic nitrogens is 2. The molecule has 1 aromatic heterocycles. The fraction of sp³-hybridized carbons (Fsp3) is 0.304. The van der Waals surface area contributed by atoms with Crippen LogP contribution in [0.4, 0.5) is 13.2 Å².